The number of rotatable bonds is 31. The molecular formula is C28H60ClNO7. The third-order valence-corrected chi connectivity index (χ3v) is 6.37. The minimum atomic E-state index is -0.0833. The SMILES string of the molecule is CCCCCCCCCCCCCCCCCC[N+](CCO)(OCCOCCO)OCCOCCO.[Cl-]. The normalized spacial score (nSPS) is 11.7. The lowest BCUT2D eigenvalue weighted by Crippen LogP contribution is -3.00. The molecule has 0 aliphatic carbocycles. The van der Waals surface area contributed by atoms with E-state index in [0.29, 0.717) is 39.5 Å². The topological polar surface area (TPSA) is 97.6 Å². The predicted octanol–water partition coefficient (Wildman–Crippen LogP) is 1.94. The first kappa shape index (κ1) is 39.1. The molecule has 0 aliphatic rings. The Balaban J connectivity index is 0. The van der Waals surface area contributed by atoms with Crippen LogP contribution in [0.2, 0.25) is 0 Å². The highest BCUT2D eigenvalue weighted by Gasteiger charge is 2.31. The predicted molar refractivity (Wildman–Crippen MR) is 144 cm³/mol. The van der Waals surface area contributed by atoms with Gasteiger partial charge in [0.2, 0.25) is 0 Å². The standard InChI is InChI=1S/C28H60NO7.ClH/c1-2-3-4-5-6-7-8-9-10-11-12-13-14-15-16-17-18-29(19-20-30,35-27-25-33-23-21-31)36-28-26-34-24-22-32;/h30-32H,2-28H2,1H3;1H/q+1;/p-1. The number of aliphatic hydroxyl groups is 3. The van der Waals surface area contributed by atoms with Crippen LogP contribution in [0.5, 0.6) is 0 Å². The lowest BCUT2D eigenvalue weighted by molar-refractivity contribution is -1.25. The minimum absolute atomic E-state index is 0. The van der Waals surface area contributed by atoms with Crippen LogP contribution in [-0.4, -0.2) is 92.7 Å². The van der Waals surface area contributed by atoms with E-state index < -0.39 is 0 Å². The lowest BCUT2D eigenvalue weighted by atomic mass is 10.0. The molecule has 37 heavy (non-hydrogen) atoms. The van der Waals surface area contributed by atoms with Gasteiger partial charge in [0.05, 0.1) is 46.2 Å². The summed E-state index contributed by atoms with van der Waals surface area (Å²) in [5.74, 6) is 0. The van der Waals surface area contributed by atoms with Gasteiger partial charge < -0.3 is 37.2 Å². The van der Waals surface area contributed by atoms with Crippen molar-refractivity contribution in [3.05, 3.63) is 0 Å². The largest absolute Gasteiger partial charge is 1.00 e. The van der Waals surface area contributed by atoms with E-state index in [0.717, 1.165) is 12.8 Å². The second-order valence-electron chi connectivity index (χ2n) is 9.63. The number of hydrogen-bond acceptors (Lipinski definition) is 7. The van der Waals surface area contributed by atoms with Crippen molar-refractivity contribution in [1.29, 1.82) is 0 Å². The Labute approximate surface area is 233 Å². The number of nitrogens with zero attached hydrogens (tertiary/aromatic N) is 1. The molecule has 0 fully saturated rings. The van der Waals surface area contributed by atoms with Gasteiger partial charge in [-0.15, -0.1) is 0 Å². The second kappa shape index (κ2) is 32.2. The summed E-state index contributed by atoms with van der Waals surface area (Å²) in [4.78, 5) is 11.9. The summed E-state index contributed by atoms with van der Waals surface area (Å²) in [6.45, 7) is 5.07. The van der Waals surface area contributed by atoms with Crippen LogP contribution in [0.3, 0.4) is 0 Å². The Morgan fingerprint density at radius 2 is 0.811 bits per heavy atom. The molecule has 0 spiro atoms. The first-order valence-corrected chi connectivity index (χ1v) is 14.9. The molecule has 0 amide bonds. The molecule has 0 heterocycles. The third kappa shape index (κ3) is 27.3. The highest BCUT2D eigenvalue weighted by Crippen LogP contribution is 2.16. The summed E-state index contributed by atoms with van der Waals surface area (Å²) in [7, 11) is 0. The van der Waals surface area contributed by atoms with Crippen molar-refractivity contribution in [2.75, 3.05) is 72.6 Å². The number of quaternary nitrogens is 1. The van der Waals surface area contributed by atoms with E-state index >= 15 is 0 Å². The van der Waals surface area contributed by atoms with Gasteiger partial charge in [-0.05, 0) is 11.2 Å². The van der Waals surface area contributed by atoms with Crippen LogP contribution in [-0.2, 0) is 19.1 Å². The first-order chi connectivity index (χ1) is 17.7. The van der Waals surface area contributed by atoms with Crippen molar-refractivity contribution in [3.63, 3.8) is 0 Å². The molecule has 0 atom stereocenters. The highest BCUT2D eigenvalue weighted by atomic mass is 35.5. The van der Waals surface area contributed by atoms with Gasteiger partial charge in [0, 0.05) is 6.42 Å². The van der Waals surface area contributed by atoms with E-state index in [-0.39, 0.29) is 50.3 Å². The molecule has 226 valence electrons. The summed E-state index contributed by atoms with van der Waals surface area (Å²) in [6.07, 6.45) is 21.1. The number of halogens is 1. The van der Waals surface area contributed by atoms with E-state index in [1.165, 1.54) is 89.9 Å². The lowest BCUT2D eigenvalue weighted by Gasteiger charge is -2.32. The summed E-state index contributed by atoms with van der Waals surface area (Å²) in [6, 6.07) is 0. The van der Waals surface area contributed by atoms with Gasteiger partial charge in [-0.3, -0.25) is 0 Å². The van der Waals surface area contributed by atoms with Gasteiger partial charge in [-0.1, -0.05) is 96.8 Å². The molecule has 3 N–H and O–H groups in total. The van der Waals surface area contributed by atoms with E-state index in [1.54, 1.807) is 0 Å². The summed E-state index contributed by atoms with van der Waals surface area (Å²) in [5.41, 5.74) is 0. The number of ether oxygens (including phenoxy) is 2. The average Bonchev–Trinajstić information content (AvgIpc) is 2.88. The van der Waals surface area contributed by atoms with Crippen LogP contribution in [0.4, 0.5) is 0 Å². The Kier molecular flexibility index (Phi) is 34.0. The molecule has 9 heteroatoms. The zero-order valence-electron chi connectivity index (χ0n) is 23.9. The fraction of sp³-hybridized carbons (Fsp3) is 1.00. The van der Waals surface area contributed by atoms with Gasteiger partial charge in [0.25, 0.3) is 0 Å². The minimum Gasteiger partial charge on any atom is -1.00 e. The van der Waals surface area contributed by atoms with E-state index in [2.05, 4.69) is 6.92 Å². The fourth-order valence-corrected chi connectivity index (χ4v) is 4.32. The third-order valence-electron chi connectivity index (χ3n) is 6.37. The van der Waals surface area contributed by atoms with Crippen molar-refractivity contribution in [1.82, 2.24) is 0 Å². The maximum absolute atomic E-state index is 9.61. The molecule has 8 nitrogen and oxygen atoms in total. The number of hydroxylamine groups is 4. The molecular weight excluding hydrogens is 498 g/mol. The van der Waals surface area contributed by atoms with Crippen LogP contribution in [0, 0.1) is 0 Å². The molecule has 0 radical (unpaired) electrons. The smallest absolute Gasteiger partial charge is 0.165 e. The molecule has 0 saturated heterocycles. The van der Waals surface area contributed by atoms with Gasteiger partial charge in [0.1, 0.15) is 19.8 Å². The van der Waals surface area contributed by atoms with Crippen molar-refractivity contribution in [3.8, 4) is 0 Å². The van der Waals surface area contributed by atoms with Crippen molar-refractivity contribution in [2.45, 2.75) is 110 Å². The molecule has 0 aliphatic heterocycles. The summed E-state index contributed by atoms with van der Waals surface area (Å²) < 4.78 is 10.6. The Morgan fingerprint density at radius 3 is 1.16 bits per heavy atom. The second-order valence-corrected chi connectivity index (χ2v) is 9.63. The van der Waals surface area contributed by atoms with Gasteiger partial charge in [-0.25, -0.2) is 0 Å². The number of hydrogen-bond donors (Lipinski definition) is 3. The molecule has 0 aromatic carbocycles. The van der Waals surface area contributed by atoms with Crippen molar-refractivity contribution >= 4 is 0 Å². The quantitative estimate of drug-likeness (QED) is 0.0681. The number of aliphatic hydroxyl groups excluding tert-OH is 3. The highest BCUT2D eigenvalue weighted by molar-refractivity contribution is 4.50. The van der Waals surface area contributed by atoms with Crippen LogP contribution in [0.1, 0.15) is 110 Å². The van der Waals surface area contributed by atoms with E-state index in [1.807, 2.05) is 0 Å². The molecule has 0 unspecified atom stereocenters. The van der Waals surface area contributed by atoms with Gasteiger partial charge in [0.15, 0.2) is 6.54 Å². The molecule has 0 bridgehead atoms. The van der Waals surface area contributed by atoms with Crippen LogP contribution in [0.25, 0.3) is 0 Å². The van der Waals surface area contributed by atoms with E-state index in [4.69, 9.17) is 29.4 Å². The molecule has 0 rings (SSSR count). The van der Waals surface area contributed by atoms with Gasteiger partial charge in [-0.2, -0.15) is 9.68 Å². The Hall–Kier alpha value is -0.0300. The zero-order chi connectivity index (χ0) is 26.4. The monoisotopic (exact) mass is 557 g/mol. The zero-order valence-corrected chi connectivity index (χ0v) is 24.6. The Morgan fingerprint density at radius 1 is 0.432 bits per heavy atom. The van der Waals surface area contributed by atoms with Crippen LogP contribution < -0.4 is 12.4 Å². The molecule has 0 saturated carbocycles. The summed E-state index contributed by atoms with van der Waals surface area (Å²) >= 11 is 0. The van der Waals surface area contributed by atoms with Crippen molar-refractivity contribution in [2.24, 2.45) is 0 Å². The maximum Gasteiger partial charge on any atom is 0.165 e. The van der Waals surface area contributed by atoms with Crippen LogP contribution in [0.15, 0.2) is 0 Å². The van der Waals surface area contributed by atoms with Gasteiger partial charge >= 0.3 is 0 Å². The maximum atomic E-state index is 9.61. The fourth-order valence-electron chi connectivity index (χ4n) is 4.32. The van der Waals surface area contributed by atoms with Crippen molar-refractivity contribution < 1.29 is 51.7 Å². The van der Waals surface area contributed by atoms with E-state index in [9.17, 15) is 5.11 Å². The summed E-state index contributed by atoms with van der Waals surface area (Å²) in [5, 5.41) is 27.3. The Bertz CT molecular complexity index is 408. The van der Waals surface area contributed by atoms with Crippen LogP contribution >= 0.6 is 0 Å². The average molecular weight is 558 g/mol. The first-order valence-electron chi connectivity index (χ1n) is 14.9. The number of unbranched alkanes of at least 4 members (excludes halogenated alkanes) is 15. The molecule has 0 aromatic rings. The molecule has 0 aromatic heterocycles.